The van der Waals surface area contributed by atoms with Gasteiger partial charge in [0.05, 0.1) is 25.4 Å². The molecule has 1 amide bonds. The second-order valence-corrected chi connectivity index (χ2v) is 23.1. The predicted octanol–water partition coefficient (Wildman–Crippen LogP) is 15.7. The maximum atomic E-state index is 13.2. The Morgan fingerprint density at radius 3 is 1.09 bits per heavy atom. The first-order valence-electron chi connectivity index (χ1n) is 32.5. The number of amides is 1. The lowest BCUT2D eigenvalue weighted by Crippen LogP contribution is -2.60. The molecular formula is C64H125NO9. The summed E-state index contributed by atoms with van der Waals surface area (Å²) in [5.74, 6) is -0.578. The summed E-state index contributed by atoms with van der Waals surface area (Å²) in [6.45, 7) is 3.71. The molecule has 1 aliphatic heterocycles. The summed E-state index contributed by atoms with van der Waals surface area (Å²) in [5, 5.41) is 65.2. The third kappa shape index (κ3) is 41.9. The van der Waals surface area contributed by atoms with Crippen LogP contribution in [0.15, 0.2) is 12.2 Å². The van der Waals surface area contributed by atoms with Crippen LogP contribution in [0.25, 0.3) is 0 Å². The molecule has 440 valence electrons. The van der Waals surface area contributed by atoms with Crippen molar-refractivity contribution < 1.29 is 44.9 Å². The summed E-state index contributed by atoms with van der Waals surface area (Å²) >= 11 is 0. The Morgan fingerprint density at radius 2 is 0.757 bits per heavy atom. The average Bonchev–Trinajstić information content (AvgIpc) is 3.40. The topological polar surface area (TPSA) is 169 Å². The normalized spacial score (nSPS) is 19.4. The Morgan fingerprint density at radius 1 is 0.446 bits per heavy atom. The van der Waals surface area contributed by atoms with Gasteiger partial charge < -0.3 is 45.4 Å². The number of aliphatic hydroxyl groups excluding tert-OH is 6. The fraction of sp³-hybridized carbons (Fsp3) is 0.953. The molecule has 0 aliphatic carbocycles. The first-order chi connectivity index (χ1) is 36.3. The first-order valence-corrected chi connectivity index (χ1v) is 32.5. The van der Waals surface area contributed by atoms with E-state index in [2.05, 4.69) is 31.3 Å². The fourth-order valence-corrected chi connectivity index (χ4v) is 10.8. The summed E-state index contributed by atoms with van der Waals surface area (Å²) in [5.41, 5.74) is 0. The Kier molecular flexibility index (Phi) is 51.6. The van der Waals surface area contributed by atoms with Crippen LogP contribution in [-0.2, 0) is 14.3 Å². The van der Waals surface area contributed by atoms with Crippen molar-refractivity contribution in [2.24, 2.45) is 0 Å². The third-order valence-electron chi connectivity index (χ3n) is 16.0. The van der Waals surface area contributed by atoms with Crippen LogP contribution < -0.4 is 5.32 Å². The molecule has 7 N–H and O–H groups in total. The Balaban J connectivity index is 2.07. The number of rotatable bonds is 57. The first kappa shape index (κ1) is 70.9. The second kappa shape index (κ2) is 53.9. The largest absolute Gasteiger partial charge is 0.394 e. The van der Waals surface area contributed by atoms with Crippen LogP contribution in [-0.4, -0.2) is 98.7 Å². The minimum absolute atomic E-state index is 0.251. The van der Waals surface area contributed by atoms with Gasteiger partial charge in [-0.1, -0.05) is 302 Å². The molecule has 74 heavy (non-hydrogen) atoms. The van der Waals surface area contributed by atoms with Crippen LogP contribution in [0.1, 0.15) is 328 Å². The van der Waals surface area contributed by atoms with Crippen molar-refractivity contribution in [2.75, 3.05) is 13.2 Å². The zero-order chi connectivity index (χ0) is 53.8. The van der Waals surface area contributed by atoms with Gasteiger partial charge >= 0.3 is 0 Å². The molecule has 0 aromatic carbocycles. The van der Waals surface area contributed by atoms with Crippen molar-refractivity contribution >= 4 is 5.91 Å². The van der Waals surface area contributed by atoms with Gasteiger partial charge in [0, 0.05) is 0 Å². The number of aliphatic hydroxyl groups is 6. The number of hydrogen-bond acceptors (Lipinski definition) is 9. The molecule has 8 unspecified atom stereocenters. The van der Waals surface area contributed by atoms with E-state index >= 15 is 0 Å². The van der Waals surface area contributed by atoms with E-state index in [-0.39, 0.29) is 6.61 Å². The highest BCUT2D eigenvalue weighted by Gasteiger charge is 2.44. The van der Waals surface area contributed by atoms with Gasteiger partial charge in [0.1, 0.15) is 30.5 Å². The van der Waals surface area contributed by atoms with Crippen LogP contribution in [0.3, 0.4) is 0 Å². The average molecular weight is 1050 g/mol. The number of allylic oxidation sites excluding steroid dienone is 2. The zero-order valence-electron chi connectivity index (χ0n) is 48.7. The van der Waals surface area contributed by atoms with Gasteiger partial charge in [-0.25, -0.2) is 0 Å². The summed E-state index contributed by atoms with van der Waals surface area (Å²) in [6.07, 6.45) is 57.5. The highest BCUT2D eigenvalue weighted by Crippen LogP contribution is 2.24. The summed E-state index contributed by atoms with van der Waals surface area (Å²) in [4.78, 5) is 13.2. The molecule has 1 saturated heterocycles. The van der Waals surface area contributed by atoms with Crippen LogP contribution >= 0.6 is 0 Å². The summed E-state index contributed by atoms with van der Waals surface area (Å²) < 4.78 is 11.2. The molecule has 1 fully saturated rings. The van der Waals surface area contributed by atoms with Gasteiger partial charge in [0.25, 0.3) is 0 Å². The molecule has 0 radical (unpaired) electrons. The number of ether oxygens (including phenoxy) is 2. The molecule has 1 rings (SSSR count). The Hall–Kier alpha value is -1.11. The lowest BCUT2D eigenvalue weighted by Gasteiger charge is -2.40. The molecular weight excluding hydrogens is 927 g/mol. The van der Waals surface area contributed by atoms with Crippen molar-refractivity contribution in [1.29, 1.82) is 0 Å². The highest BCUT2D eigenvalue weighted by atomic mass is 16.7. The molecule has 10 heteroatoms. The van der Waals surface area contributed by atoms with Crippen LogP contribution in [0.2, 0.25) is 0 Å². The number of carbonyl (C=O) groups excluding carboxylic acids is 1. The molecule has 0 aromatic rings. The van der Waals surface area contributed by atoms with E-state index in [1.165, 1.54) is 257 Å². The van der Waals surface area contributed by atoms with E-state index in [4.69, 9.17) is 9.47 Å². The lowest BCUT2D eigenvalue weighted by molar-refractivity contribution is -0.302. The zero-order valence-corrected chi connectivity index (χ0v) is 48.7. The third-order valence-corrected chi connectivity index (χ3v) is 16.0. The van der Waals surface area contributed by atoms with E-state index in [0.29, 0.717) is 12.8 Å². The fourth-order valence-electron chi connectivity index (χ4n) is 10.8. The maximum Gasteiger partial charge on any atom is 0.249 e. The number of nitrogens with one attached hydrogen (secondary N) is 1. The minimum Gasteiger partial charge on any atom is -0.394 e. The lowest BCUT2D eigenvalue weighted by atomic mass is 9.99. The molecule has 0 spiro atoms. The SMILES string of the molecule is CCCCCCCCCCCCCCCCCC/C=C\CCCCCCCCCCCCCCCCCCC(O)C(=O)NC(COC1OC(CO)C(O)C(O)C1O)C(O)CCCCCCCCCCCCCCC. The van der Waals surface area contributed by atoms with Crippen molar-refractivity contribution in [2.45, 2.75) is 377 Å². The molecule has 0 saturated carbocycles. The van der Waals surface area contributed by atoms with Gasteiger partial charge in [0.15, 0.2) is 6.29 Å². The maximum absolute atomic E-state index is 13.2. The predicted molar refractivity (Wildman–Crippen MR) is 310 cm³/mol. The van der Waals surface area contributed by atoms with Crippen LogP contribution in [0, 0.1) is 0 Å². The van der Waals surface area contributed by atoms with Gasteiger partial charge in [-0.15, -0.1) is 0 Å². The quantitative estimate of drug-likeness (QED) is 0.0232. The van der Waals surface area contributed by atoms with Crippen molar-refractivity contribution in [3.05, 3.63) is 12.2 Å². The van der Waals surface area contributed by atoms with E-state index in [1.54, 1.807) is 0 Å². The molecule has 0 aromatic heterocycles. The Bertz CT molecular complexity index is 1190. The van der Waals surface area contributed by atoms with Gasteiger partial charge in [0.2, 0.25) is 5.91 Å². The standard InChI is InChI=1S/C64H125NO9/c1-3-5-7-9-11-13-15-17-18-19-20-21-22-23-24-25-26-27-28-29-30-31-32-33-34-35-36-37-38-39-41-43-45-47-49-51-53-58(68)63(72)65-56(55-73-64-62(71)61(70)60(69)59(54-66)74-64)57(67)52-50-48-46-44-42-40-16-14-12-10-8-6-4-2/h27-28,56-62,64,66-71H,3-26,29-55H2,1-2H3,(H,65,72)/b28-27-. The smallest absolute Gasteiger partial charge is 0.249 e. The van der Waals surface area contributed by atoms with Gasteiger partial charge in [-0.05, 0) is 38.5 Å². The van der Waals surface area contributed by atoms with Crippen molar-refractivity contribution in [3.8, 4) is 0 Å². The van der Waals surface area contributed by atoms with E-state index < -0.39 is 61.5 Å². The number of hydrogen-bond donors (Lipinski definition) is 7. The molecule has 1 heterocycles. The minimum atomic E-state index is -1.59. The highest BCUT2D eigenvalue weighted by molar-refractivity contribution is 5.80. The molecule has 10 nitrogen and oxygen atoms in total. The van der Waals surface area contributed by atoms with E-state index in [1.807, 2.05) is 0 Å². The second-order valence-electron chi connectivity index (χ2n) is 23.1. The molecule has 1 aliphatic rings. The molecule has 8 atom stereocenters. The van der Waals surface area contributed by atoms with Crippen LogP contribution in [0.4, 0.5) is 0 Å². The summed E-state index contributed by atoms with van der Waals surface area (Å²) in [6, 6.07) is -0.891. The van der Waals surface area contributed by atoms with Crippen LogP contribution in [0.5, 0.6) is 0 Å². The van der Waals surface area contributed by atoms with Gasteiger partial charge in [-0.3, -0.25) is 4.79 Å². The van der Waals surface area contributed by atoms with Gasteiger partial charge in [-0.2, -0.15) is 0 Å². The van der Waals surface area contributed by atoms with E-state index in [9.17, 15) is 35.4 Å². The monoisotopic (exact) mass is 1050 g/mol. The van der Waals surface area contributed by atoms with Crippen molar-refractivity contribution in [1.82, 2.24) is 5.32 Å². The van der Waals surface area contributed by atoms with E-state index in [0.717, 1.165) is 44.9 Å². The summed E-state index contributed by atoms with van der Waals surface area (Å²) in [7, 11) is 0. The Labute approximate surface area is 457 Å². The number of carbonyl (C=O) groups is 1. The van der Waals surface area contributed by atoms with Crippen molar-refractivity contribution in [3.63, 3.8) is 0 Å². The molecule has 0 bridgehead atoms. The number of unbranched alkanes of at least 4 members (excludes halogenated alkanes) is 44.